The number of hydrogen-bond donors (Lipinski definition) is 0. The maximum absolute atomic E-state index is 14.2. The second-order valence-corrected chi connectivity index (χ2v) is 10.2. The normalized spacial score (nSPS) is 19.3. The van der Waals surface area contributed by atoms with E-state index in [2.05, 4.69) is 9.97 Å². The molecule has 7 nitrogen and oxygen atoms in total. The molecule has 0 N–H and O–H groups in total. The van der Waals surface area contributed by atoms with E-state index in [1.165, 1.54) is 10.9 Å². The second kappa shape index (κ2) is 8.89. The molecule has 35 heavy (non-hydrogen) atoms. The van der Waals surface area contributed by atoms with E-state index < -0.39 is 23.4 Å². The summed E-state index contributed by atoms with van der Waals surface area (Å²) in [6.07, 6.45) is -2.79. The lowest BCUT2D eigenvalue weighted by Crippen LogP contribution is -2.59. The standard InChI is InChI=1S/C24H27ClF3N5O2/c1-14-11-32(22(34)35-23(3,4)5)15(2)10-31(14)20-19-18(24(26,27)28)12-33(21(19)30-13-29-20)17-8-6-7-16(25)9-17/h6-9,12-15H,10-11H2,1-5H3. The summed E-state index contributed by atoms with van der Waals surface area (Å²) in [5.41, 5.74) is -0.906. The molecule has 1 amide bonds. The van der Waals surface area contributed by atoms with E-state index in [9.17, 15) is 18.0 Å². The summed E-state index contributed by atoms with van der Waals surface area (Å²) >= 11 is 6.09. The molecule has 0 bridgehead atoms. The average molecular weight is 510 g/mol. The molecule has 188 valence electrons. The van der Waals surface area contributed by atoms with Gasteiger partial charge in [-0.15, -0.1) is 0 Å². The van der Waals surface area contributed by atoms with Gasteiger partial charge in [0, 0.05) is 42.1 Å². The Balaban J connectivity index is 1.78. The lowest BCUT2D eigenvalue weighted by atomic mass is 10.1. The highest BCUT2D eigenvalue weighted by molar-refractivity contribution is 6.30. The maximum atomic E-state index is 14.2. The summed E-state index contributed by atoms with van der Waals surface area (Å²) in [6.45, 7) is 9.60. The molecule has 1 fully saturated rings. The van der Waals surface area contributed by atoms with E-state index in [1.807, 2.05) is 13.8 Å². The fourth-order valence-corrected chi connectivity index (χ4v) is 4.48. The van der Waals surface area contributed by atoms with Crippen LogP contribution in [0.3, 0.4) is 0 Å². The maximum Gasteiger partial charge on any atom is 0.418 e. The summed E-state index contributed by atoms with van der Waals surface area (Å²) in [4.78, 5) is 24.6. The first kappa shape index (κ1) is 25.1. The van der Waals surface area contributed by atoms with Gasteiger partial charge in [0.2, 0.25) is 0 Å². The van der Waals surface area contributed by atoms with Crippen molar-refractivity contribution in [2.75, 3.05) is 18.0 Å². The number of nitrogens with zero attached hydrogens (tertiary/aromatic N) is 5. The van der Waals surface area contributed by atoms with Crippen LogP contribution in [0.15, 0.2) is 36.8 Å². The van der Waals surface area contributed by atoms with E-state index >= 15 is 0 Å². The molecular weight excluding hydrogens is 483 g/mol. The van der Waals surface area contributed by atoms with Crippen LogP contribution in [0.5, 0.6) is 0 Å². The van der Waals surface area contributed by atoms with Crippen LogP contribution in [-0.2, 0) is 10.9 Å². The van der Waals surface area contributed by atoms with E-state index in [4.69, 9.17) is 16.3 Å². The number of aromatic nitrogens is 3. The van der Waals surface area contributed by atoms with Gasteiger partial charge in [-0.1, -0.05) is 17.7 Å². The molecule has 0 spiro atoms. The van der Waals surface area contributed by atoms with Gasteiger partial charge >= 0.3 is 12.3 Å². The summed E-state index contributed by atoms with van der Waals surface area (Å²) in [5, 5.41) is 0.303. The Morgan fingerprint density at radius 2 is 1.83 bits per heavy atom. The number of carbonyl (C=O) groups excluding carboxylic acids is 1. The first-order chi connectivity index (χ1) is 16.3. The van der Waals surface area contributed by atoms with Crippen LogP contribution in [0.1, 0.15) is 40.2 Å². The van der Waals surface area contributed by atoms with E-state index in [1.54, 1.807) is 54.8 Å². The predicted octanol–water partition coefficient (Wildman–Crippen LogP) is 5.93. The number of fused-ring (bicyclic) bond motifs is 1. The number of amides is 1. The first-order valence-corrected chi connectivity index (χ1v) is 11.6. The lowest BCUT2D eigenvalue weighted by molar-refractivity contribution is -0.136. The predicted molar refractivity (Wildman–Crippen MR) is 128 cm³/mol. The van der Waals surface area contributed by atoms with Crippen LogP contribution in [0.4, 0.5) is 23.8 Å². The van der Waals surface area contributed by atoms with Crippen LogP contribution < -0.4 is 4.90 Å². The highest BCUT2D eigenvalue weighted by atomic mass is 35.5. The van der Waals surface area contributed by atoms with Gasteiger partial charge in [-0.05, 0) is 52.8 Å². The summed E-state index contributed by atoms with van der Waals surface area (Å²) < 4.78 is 49.5. The Morgan fingerprint density at radius 3 is 2.46 bits per heavy atom. The quantitative estimate of drug-likeness (QED) is 0.428. The van der Waals surface area contributed by atoms with Crippen LogP contribution in [-0.4, -0.2) is 56.3 Å². The number of ether oxygens (including phenoxy) is 1. The largest absolute Gasteiger partial charge is 0.444 e. The van der Waals surface area contributed by atoms with Gasteiger partial charge in [0.25, 0.3) is 0 Å². The van der Waals surface area contributed by atoms with E-state index in [0.29, 0.717) is 10.7 Å². The monoisotopic (exact) mass is 509 g/mol. The van der Waals surface area contributed by atoms with E-state index in [0.717, 1.165) is 6.20 Å². The zero-order chi connectivity index (χ0) is 25.7. The Labute approximate surface area is 206 Å². The SMILES string of the molecule is CC1CN(c2ncnc3c2c(C(F)(F)F)cn3-c2cccc(Cl)c2)C(C)CN1C(=O)OC(C)(C)C. The van der Waals surface area contributed by atoms with Crippen molar-refractivity contribution in [1.82, 2.24) is 19.4 Å². The molecular formula is C24H27ClF3N5O2. The molecule has 0 aliphatic carbocycles. The zero-order valence-corrected chi connectivity index (χ0v) is 20.9. The fraction of sp³-hybridized carbons (Fsp3) is 0.458. The number of halogens is 4. The topological polar surface area (TPSA) is 63.5 Å². The minimum atomic E-state index is -4.63. The van der Waals surface area contributed by atoms with Gasteiger partial charge in [-0.3, -0.25) is 0 Å². The smallest absolute Gasteiger partial charge is 0.418 e. The van der Waals surface area contributed by atoms with Crippen molar-refractivity contribution in [1.29, 1.82) is 0 Å². The van der Waals surface area contributed by atoms with Gasteiger partial charge in [0.15, 0.2) is 5.65 Å². The molecule has 1 saturated heterocycles. The number of alkyl halides is 3. The Morgan fingerprint density at radius 1 is 1.11 bits per heavy atom. The molecule has 3 aromatic rings. The highest BCUT2D eigenvalue weighted by Gasteiger charge is 2.40. The van der Waals surface area contributed by atoms with Crippen molar-refractivity contribution in [3.05, 3.63) is 47.4 Å². The molecule has 3 heterocycles. The average Bonchev–Trinajstić information content (AvgIpc) is 3.14. The van der Waals surface area contributed by atoms with Crippen LogP contribution in [0.2, 0.25) is 5.02 Å². The molecule has 1 aliphatic heterocycles. The number of piperazine rings is 1. The van der Waals surface area contributed by atoms with Crippen molar-refractivity contribution >= 4 is 34.5 Å². The van der Waals surface area contributed by atoms with Crippen LogP contribution >= 0.6 is 11.6 Å². The lowest BCUT2D eigenvalue weighted by Gasteiger charge is -2.44. The van der Waals surface area contributed by atoms with E-state index in [-0.39, 0.29) is 42.0 Å². The molecule has 2 unspecified atom stereocenters. The van der Waals surface area contributed by atoms with Crippen molar-refractivity contribution in [2.45, 2.75) is 58.5 Å². The molecule has 0 radical (unpaired) electrons. The van der Waals surface area contributed by atoms with Crippen LogP contribution in [0, 0.1) is 0 Å². The number of rotatable bonds is 2. The van der Waals surface area contributed by atoms with Crippen molar-refractivity contribution in [3.63, 3.8) is 0 Å². The third kappa shape index (κ3) is 5.03. The van der Waals surface area contributed by atoms with Gasteiger partial charge in [-0.25, -0.2) is 14.8 Å². The molecule has 2 aromatic heterocycles. The summed E-state index contributed by atoms with van der Waals surface area (Å²) in [6, 6.07) is 5.93. The number of hydrogen-bond acceptors (Lipinski definition) is 5. The summed E-state index contributed by atoms with van der Waals surface area (Å²) in [7, 11) is 0. The Hall–Kier alpha value is -3.01. The summed E-state index contributed by atoms with van der Waals surface area (Å²) in [5.74, 6) is 0.172. The van der Waals surface area contributed by atoms with Gasteiger partial charge in [0.05, 0.1) is 10.9 Å². The van der Waals surface area contributed by atoms with Gasteiger partial charge in [0.1, 0.15) is 17.7 Å². The van der Waals surface area contributed by atoms with Gasteiger partial charge in [-0.2, -0.15) is 13.2 Å². The Bertz CT molecular complexity index is 1250. The first-order valence-electron chi connectivity index (χ1n) is 11.2. The molecule has 11 heteroatoms. The second-order valence-electron chi connectivity index (χ2n) is 9.77. The third-order valence-electron chi connectivity index (χ3n) is 5.84. The minimum absolute atomic E-state index is 0.0928. The Kier molecular flexibility index (Phi) is 6.37. The third-order valence-corrected chi connectivity index (χ3v) is 6.08. The number of carbonyl (C=O) groups is 1. The minimum Gasteiger partial charge on any atom is -0.444 e. The fourth-order valence-electron chi connectivity index (χ4n) is 4.30. The van der Waals surface area contributed by atoms with Crippen molar-refractivity contribution in [3.8, 4) is 5.69 Å². The zero-order valence-electron chi connectivity index (χ0n) is 20.1. The van der Waals surface area contributed by atoms with Gasteiger partial charge < -0.3 is 19.1 Å². The molecule has 1 aliphatic rings. The van der Waals surface area contributed by atoms with Crippen molar-refractivity contribution < 1.29 is 22.7 Å². The molecule has 4 rings (SSSR count). The molecule has 0 saturated carbocycles. The van der Waals surface area contributed by atoms with Crippen LogP contribution in [0.25, 0.3) is 16.7 Å². The number of anilines is 1. The number of benzene rings is 1. The van der Waals surface area contributed by atoms with Crippen molar-refractivity contribution in [2.24, 2.45) is 0 Å². The highest BCUT2D eigenvalue weighted by Crippen LogP contribution is 2.41. The molecule has 1 aromatic carbocycles. The molecule has 2 atom stereocenters.